The van der Waals surface area contributed by atoms with Gasteiger partial charge in [0.05, 0.1) is 5.92 Å². The largest absolute Gasteiger partial charge is 0.294 e. The predicted molar refractivity (Wildman–Crippen MR) is 63.7 cm³/mol. The Morgan fingerprint density at radius 2 is 1.72 bits per heavy atom. The van der Waals surface area contributed by atoms with Crippen molar-refractivity contribution in [2.45, 2.75) is 32.1 Å². The smallest absolute Gasteiger partial charge is 0.267 e. The van der Waals surface area contributed by atoms with Crippen LogP contribution in [0.15, 0.2) is 12.2 Å². The fourth-order valence-electron chi connectivity index (χ4n) is 2.91. The lowest BCUT2D eigenvalue weighted by molar-refractivity contribution is -0.428. The van der Waals surface area contributed by atoms with Crippen molar-refractivity contribution in [1.29, 1.82) is 0 Å². The van der Waals surface area contributed by atoms with Crippen LogP contribution < -0.4 is 11.3 Å². The van der Waals surface area contributed by atoms with Crippen LogP contribution in [0, 0.1) is 17.8 Å². The van der Waals surface area contributed by atoms with Crippen LogP contribution in [-0.4, -0.2) is 17.5 Å². The van der Waals surface area contributed by atoms with Gasteiger partial charge in [-0.3, -0.25) is 20.2 Å². The zero-order valence-corrected chi connectivity index (χ0v) is 10.4. The molecule has 0 saturated heterocycles. The summed E-state index contributed by atoms with van der Waals surface area (Å²) in [5.74, 6) is 3.26. The Bertz CT molecular complexity index is 377. The van der Waals surface area contributed by atoms with Gasteiger partial charge in [0.25, 0.3) is 5.91 Å². The fraction of sp³-hybridized carbons (Fsp3) is 0.615. The molecule has 5 heteroatoms. The third kappa shape index (κ3) is 2.67. The Hall–Kier alpha value is -1.49. The summed E-state index contributed by atoms with van der Waals surface area (Å²) in [6.45, 7) is 0. The number of hydrogen-bond acceptors (Lipinski definition) is 3. The summed E-state index contributed by atoms with van der Waals surface area (Å²) in [4.78, 5) is 34.4. The van der Waals surface area contributed by atoms with Gasteiger partial charge in [-0.1, -0.05) is 0 Å². The molecule has 98 valence electrons. The van der Waals surface area contributed by atoms with Gasteiger partial charge in [-0.2, -0.15) is 0 Å². The maximum atomic E-state index is 11.5. The standard InChI is InChI=1S/C13H18N2O3/c14-15-13(18)9-3-1-8(2-4-9)7-10-11(16)5-6-12(10)17/h5-6,8-10H,1-4,7,14H2,(H,15,18)/p+1. The van der Waals surface area contributed by atoms with Crippen LogP contribution in [0.3, 0.4) is 0 Å². The quantitative estimate of drug-likeness (QED) is 0.536. The SMILES string of the molecule is [NH3+]NC(=O)C1CCC(CC2C(=O)C=CC2=O)CC1. The van der Waals surface area contributed by atoms with Crippen LogP contribution in [-0.2, 0) is 14.4 Å². The molecule has 1 fully saturated rings. The summed E-state index contributed by atoms with van der Waals surface area (Å²) in [5.41, 5.74) is 2.43. The Labute approximate surface area is 106 Å². The second-order valence-electron chi connectivity index (χ2n) is 5.19. The van der Waals surface area contributed by atoms with Crippen LogP contribution in [0.1, 0.15) is 32.1 Å². The lowest BCUT2D eigenvalue weighted by Gasteiger charge is -2.27. The topological polar surface area (TPSA) is 90.9 Å². The van der Waals surface area contributed by atoms with E-state index < -0.39 is 5.92 Å². The third-order valence-corrected chi connectivity index (χ3v) is 4.06. The number of ketones is 2. The minimum Gasteiger partial charge on any atom is -0.294 e. The molecule has 0 spiro atoms. The van der Waals surface area contributed by atoms with Crippen molar-refractivity contribution < 1.29 is 20.2 Å². The van der Waals surface area contributed by atoms with Gasteiger partial charge < -0.3 is 0 Å². The fourth-order valence-corrected chi connectivity index (χ4v) is 2.91. The lowest BCUT2D eigenvalue weighted by atomic mass is 9.77. The summed E-state index contributed by atoms with van der Waals surface area (Å²) >= 11 is 0. The van der Waals surface area contributed by atoms with Crippen molar-refractivity contribution in [3.63, 3.8) is 0 Å². The van der Waals surface area contributed by atoms with Crippen molar-refractivity contribution in [1.82, 2.24) is 5.43 Å². The summed E-state index contributed by atoms with van der Waals surface area (Å²) < 4.78 is 0. The van der Waals surface area contributed by atoms with Crippen molar-refractivity contribution in [3.05, 3.63) is 12.2 Å². The second kappa shape index (κ2) is 5.44. The van der Waals surface area contributed by atoms with E-state index in [2.05, 4.69) is 11.3 Å². The highest BCUT2D eigenvalue weighted by Gasteiger charge is 2.33. The molecule has 2 rings (SSSR count). The molecule has 0 aromatic rings. The molecular weight excluding hydrogens is 232 g/mol. The third-order valence-electron chi connectivity index (χ3n) is 4.06. The minimum absolute atomic E-state index is 0.00290. The van der Waals surface area contributed by atoms with E-state index in [4.69, 9.17) is 0 Å². The van der Waals surface area contributed by atoms with Gasteiger partial charge in [-0.25, -0.2) is 5.43 Å². The lowest BCUT2D eigenvalue weighted by Crippen LogP contribution is -2.68. The number of rotatable bonds is 3. The average molecular weight is 251 g/mol. The first kappa shape index (κ1) is 13.0. The van der Waals surface area contributed by atoms with Crippen LogP contribution in [0.5, 0.6) is 0 Å². The van der Waals surface area contributed by atoms with Gasteiger partial charge in [0, 0.05) is 5.92 Å². The van der Waals surface area contributed by atoms with E-state index in [0.717, 1.165) is 25.7 Å². The molecule has 18 heavy (non-hydrogen) atoms. The highest BCUT2D eigenvalue weighted by Crippen LogP contribution is 2.34. The zero-order chi connectivity index (χ0) is 13.1. The molecular formula is C13H19N2O3+. The Balaban J connectivity index is 1.82. The second-order valence-corrected chi connectivity index (χ2v) is 5.19. The Morgan fingerprint density at radius 3 is 2.22 bits per heavy atom. The number of carbonyl (C=O) groups excluding carboxylic acids is 3. The molecule has 0 radical (unpaired) electrons. The molecule has 0 atom stereocenters. The van der Waals surface area contributed by atoms with Crippen molar-refractivity contribution in [2.24, 2.45) is 17.8 Å². The van der Waals surface area contributed by atoms with Crippen LogP contribution >= 0.6 is 0 Å². The molecule has 1 amide bonds. The van der Waals surface area contributed by atoms with E-state index in [9.17, 15) is 14.4 Å². The number of nitrogens with one attached hydrogen (secondary N) is 1. The van der Waals surface area contributed by atoms with Crippen molar-refractivity contribution in [2.75, 3.05) is 0 Å². The molecule has 0 aliphatic heterocycles. The highest BCUT2D eigenvalue weighted by atomic mass is 16.2. The van der Waals surface area contributed by atoms with Gasteiger partial charge >= 0.3 is 0 Å². The summed E-state index contributed by atoms with van der Waals surface area (Å²) in [7, 11) is 0. The number of allylic oxidation sites excluding steroid dienone is 2. The molecule has 0 unspecified atom stereocenters. The van der Waals surface area contributed by atoms with E-state index in [1.807, 2.05) is 0 Å². The highest BCUT2D eigenvalue weighted by molar-refractivity contribution is 6.18. The van der Waals surface area contributed by atoms with E-state index >= 15 is 0 Å². The van der Waals surface area contributed by atoms with Crippen molar-refractivity contribution in [3.8, 4) is 0 Å². The summed E-state index contributed by atoms with van der Waals surface area (Å²) in [5, 5.41) is 0. The maximum Gasteiger partial charge on any atom is 0.267 e. The zero-order valence-electron chi connectivity index (χ0n) is 10.4. The summed E-state index contributed by atoms with van der Waals surface area (Å²) in [6.07, 6.45) is 6.89. The van der Waals surface area contributed by atoms with Crippen LogP contribution in [0.25, 0.3) is 0 Å². The molecule has 0 heterocycles. The van der Waals surface area contributed by atoms with E-state index in [-0.39, 0.29) is 23.4 Å². The predicted octanol–water partition coefficient (Wildman–Crippen LogP) is -0.220. The normalized spacial score (nSPS) is 28.7. The van der Waals surface area contributed by atoms with E-state index in [1.165, 1.54) is 12.2 Å². The first-order valence-corrected chi connectivity index (χ1v) is 6.44. The number of amides is 1. The van der Waals surface area contributed by atoms with E-state index in [0.29, 0.717) is 12.3 Å². The van der Waals surface area contributed by atoms with Gasteiger partial charge in [-0.15, -0.1) is 0 Å². The number of quaternary nitrogens is 1. The minimum atomic E-state index is -0.451. The molecule has 0 bridgehead atoms. The monoisotopic (exact) mass is 251 g/mol. The molecule has 1 saturated carbocycles. The van der Waals surface area contributed by atoms with Crippen molar-refractivity contribution >= 4 is 17.5 Å². The molecule has 0 aromatic heterocycles. The van der Waals surface area contributed by atoms with E-state index in [1.54, 1.807) is 0 Å². The van der Waals surface area contributed by atoms with Crippen LogP contribution in [0.2, 0.25) is 0 Å². The molecule has 5 nitrogen and oxygen atoms in total. The number of hydrogen-bond donors (Lipinski definition) is 2. The Kier molecular flexibility index (Phi) is 3.91. The van der Waals surface area contributed by atoms with Gasteiger partial charge in [0.15, 0.2) is 11.6 Å². The maximum absolute atomic E-state index is 11.5. The van der Waals surface area contributed by atoms with Gasteiger partial charge in [0.2, 0.25) is 0 Å². The molecule has 2 aliphatic rings. The Morgan fingerprint density at radius 1 is 1.17 bits per heavy atom. The molecule has 4 N–H and O–H groups in total. The first-order chi connectivity index (χ1) is 8.61. The number of carbonyl (C=O) groups is 3. The molecule has 2 aliphatic carbocycles. The average Bonchev–Trinajstić information content (AvgIpc) is 2.70. The molecule has 0 aromatic carbocycles. The van der Waals surface area contributed by atoms with Crippen LogP contribution in [0.4, 0.5) is 0 Å². The van der Waals surface area contributed by atoms with Gasteiger partial charge in [-0.05, 0) is 50.2 Å². The summed E-state index contributed by atoms with van der Waals surface area (Å²) in [6, 6.07) is 0. The van der Waals surface area contributed by atoms with Gasteiger partial charge in [0.1, 0.15) is 0 Å². The first-order valence-electron chi connectivity index (χ1n) is 6.44.